The van der Waals surface area contributed by atoms with Crippen molar-refractivity contribution in [3.63, 3.8) is 0 Å². The number of benzene rings is 1. The molecule has 0 aliphatic carbocycles. The van der Waals surface area contributed by atoms with E-state index < -0.39 is 0 Å². The number of pyridine rings is 1. The van der Waals surface area contributed by atoms with E-state index in [0.717, 1.165) is 27.3 Å². The molecule has 0 unspecified atom stereocenters. The maximum absolute atomic E-state index is 5.35. The van der Waals surface area contributed by atoms with Gasteiger partial charge in [-0.25, -0.2) is 0 Å². The maximum Gasteiger partial charge on any atom is 0.131 e. The average Bonchev–Trinajstić information content (AvgIpc) is 2.38. The largest absolute Gasteiger partial charge is 0.497 e. The van der Waals surface area contributed by atoms with E-state index in [4.69, 9.17) is 21.7 Å². The van der Waals surface area contributed by atoms with Crippen molar-refractivity contribution in [3.8, 4) is 22.8 Å². The molecule has 0 atom stereocenters. The first-order chi connectivity index (χ1) is 8.24. The van der Waals surface area contributed by atoms with Crippen LogP contribution in [0.5, 0.6) is 11.5 Å². The highest BCUT2D eigenvalue weighted by Crippen LogP contribution is 2.31. The molecule has 0 aliphatic heterocycles. The number of hydrogen-bond donors (Lipinski definition) is 1. The molecular formula is C13H13NO2S. The van der Waals surface area contributed by atoms with Crippen molar-refractivity contribution in [2.24, 2.45) is 0 Å². The maximum atomic E-state index is 5.35. The number of methoxy groups -OCH3 is 2. The van der Waals surface area contributed by atoms with Gasteiger partial charge in [0.25, 0.3) is 0 Å². The number of aromatic nitrogens is 1. The summed E-state index contributed by atoms with van der Waals surface area (Å²) >= 11 is 5.14. The van der Waals surface area contributed by atoms with Crippen molar-refractivity contribution in [1.82, 2.24) is 4.98 Å². The zero-order chi connectivity index (χ0) is 12.3. The van der Waals surface area contributed by atoms with Crippen LogP contribution in [-0.2, 0) is 0 Å². The highest BCUT2D eigenvalue weighted by Gasteiger charge is 2.07. The predicted octanol–water partition coefficient (Wildman–Crippen LogP) is 3.43. The van der Waals surface area contributed by atoms with Gasteiger partial charge in [0.2, 0.25) is 0 Å². The molecule has 1 heterocycles. The molecule has 0 saturated carbocycles. The van der Waals surface area contributed by atoms with Gasteiger partial charge in [0.1, 0.15) is 11.5 Å². The van der Waals surface area contributed by atoms with E-state index >= 15 is 0 Å². The fraction of sp³-hybridized carbons (Fsp3) is 0.154. The number of H-pyrrole nitrogens is 1. The number of aromatic amines is 1. The van der Waals surface area contributed by atoms with E-state index in [0.29, 0.717) is 0 Å². The predicted molar refractivity (Wildman–Crippen MR) is 70.2 cm³/mol. The lowest BCUT2D eigenvalue weighted by molar-refractivity contribution is 0.395. The van der Waals surface area contributed by atoms with Crippen molar-refractivity contribution in [2.75, 3.05) is 14.2 Å². The Labute approximate surface area is 105 Å². The summed E-state index contributed by atoms with van der Waals surface area (Å²) in [5.41, 5.74) is 1.89. The van der Waals surface area contributed by atoms with Gasteiger partial charge in [-0.15, -0.1) is 0 Å². The minimum absolute atomic E-state index is 0.751. The third-order valence-corrected chi connectivity index (χ3v) is 2.73. The summed E-state index contributed by atoms with van der Waals surface area (Å²) in [6, 6.07) is 9.42. The fourth-order valence-electron chi connectivity index (χ4n) is 1.62. The summed E-state index contributed by atoms with van der Waals surface area (Å²) in [5.74, 6) is 1.52. The number of rotatable bonds is 3. The van der Waals surface area contributed by atoms with Crippen LogP contribution in [0.4, 0.5) is 0 Å². The Morgan fingerprint density at radius 3 is 2.53 bits per heavy atom. The number of nitrogens with one attached hydrogen (secondary N) is 1. The molecule has 1 aromatic heterocycles. The third kappa shape index (κ3) is 2.47. The zero-order valence-corrected chi connectivity index (χ0v) is 10.5. The van der Waals surface area contributed by atoms with Crippen LogP contribution in [0.2, 0.25) is 0 Å². The molecular weight excluding hydrogens is 234 g/mol. The van der Waals surface area contributed by atoms with Crippen molar-refractivity contribution in [1.29, 1.82) is 0 Å². The molecule has 0 amide bonds. The van der Waals surface area contributed by atoms with E-state index in [1.54, 1.807) is 14.2 Å². The molecule has 0 radical (unpaired) electrons. The normalized spacial score (nSPS) is 10.0. The second kappa shape index (κ2) is 5.01. The molecule has 0 fully saturated rings. The van der Waals surface area contributed by atoms with Crippen molar-refractivity contribution in [3.05, 3.63) is 41.0 Å². The van der Waals surface area contributed by atoms with Crippen molar-refractivity contribution in [2.45, 2.75) is 0 Å². The van der Waals surface area contributed by atoms with Crippen molar-refractivity contribution < 1.29 is 9.47 Å². The van der Waals surface area contributed by atoms with Crippen LogP contribution >= 0.6 is 12.2 Å². The first-order valence-corrected chi connectivity index (χ1v) is 5.56. The fourth-order valence-corrected chi connectivity index (χ4v) is 1.81. The summed E-state index contributed by atoms with van der Waals surface area (Å²) < 4.78 is 11.3. The lowest BCUT2D eigenvalue weighted by Gasteiger charge is -2.10. The molecule has 88 valence electrons. The Bertz CT molecular complexity index is 578. The molecule has 2 aromatic rings. The van der Waals surface area contributed by atoms with E-state index in [-0.39, 0.29) is 0 Å². The zero-order valence-electron chi connectivity index (χ0n) is 9.69. The molecule has 0 aliphatic rings. The Balaban J connectivity index is 2.55. The number of ether oxygens (including phenoxy) is 2. The van der Waals surface area contributed by atoms with Gasteiger partial charge in [-0.3, -0.25) is 0 Å². The van der Waals surface area contributed by atoms with Gasteiger partial charge < -0.3 is 14.5 Å². The lowest BCUT2D eigenvalue weighted by atomic mass is 10.1. The minimum Gasteiger partial charge on any atom is -0.497 e. The molecule has 4 heteroatoms. The smallest absolute Gasteiger partial charge is 0.131 e. The van der Waals surface area contributed by atoms with E-state index in [1.165, 1.54) is 0 Å². The lowest BCUT2D eigenvalue weighted by Crippen LogP contribution is -1.91. The first kappa shape index (κ1) is 11.7. The average molecular weight is 247 g/mol. The highest BCUT2D eigenvalue weighted by atomic mass is 32.1. The molecule has 1 aromatic carbocycles. The third-order valence-electron chi connectivity index (χ3n) is 2.47. The van der Waals surface area contributed by atoms with Gasteiger partial charge in [0.05, 0.1) is 19.9 Å². The van der Waals surface area contributed by atoms with Crippen LogP contribution in [0, 0.1) is 4.51 Å². The molecule has 3 nitrogen and oxygen atoms in total. The number of hydrogen-bond acceptors (Lipinski definition) is 3. The van der Waals surface area contributed by atoms with Crippen molar-refractivity contribution >= 4 is 12.2 Å². The van der Waals surface area contributed by atoms with Crippen LogP contribution in [0.15, 0.2) is 36.5 Å². The van der Waals surface area contributed by atoms with Crippen LogP contribution < -0.4 is 9.47 Å². The Morgan fingerprint density at radius 1 is 1.06 bits per heavy atom. The van der Waals surface area contributed by atoms with E-state index in [2.05, 4.69) is 4.98 Å². The van der Waals surface area contributed by atoms with Gasteiger partial charge in [0, 0.05) is 22.3 Å². The van der Waals surface area contributed by atoms with Gasteiger partial charge in [-0.05, 0) is 24.3 Å². The molecule has 0 saturated heterocycles. The standard InChI is InChI=1S/C13H13NO2S/c1-15-9-3-4-11(13(7-9)16-2)12-8-10(17)5-6-14-12/h3-8H,1-2H3,(H,14,17). The highest BCUT2D eigenvalue weighted by molar-refractivity contribution is 7.71. The summed E-state index contributed by atoms with van der Waals surface area (Å²) in [4.78, 5) is 3.15. The molecule has 17 heavy (non-hydrogen) atoms. The Morgan fingerprint density at radius 2 is 1.88 bits per heavy atom. The van der Waals surface area contributed by atoms with E-state index in [1.807, 2.05) is 36.5 Å². The molecule has 0 bridgehead atoms. The monoisotopic (exact) mass is 247 g/mol. The molecule has 0 spiro atoms. The van der Waals surface area contributed by atoms with E-state index in [9.17, 15) is 0 Å². The van der Waals surface area contributed by atoms with Crippen LogP contribution in [0.1, 0.15) is 0 Å². The van der Waals surface area contributed by atoms with Gasteiger partial charge in [0.15, 0.2) is 0 Å². The Kier molecular flexibility index (Phi) is 3.44. The minimum atomic E-state index is 0.751. The first-order valence-electron chi connectivity index (χ1n) is 5.15. The SMILES string of the molecule is COc1ccc(-c2cc(=S)cc[nH]2)c(OC)c1. The second-order valence-corrected chi connectivity index (χ2v) is 3.98. The topological polar surface area (TPSA) is 34.2 Å². The summed E-state index contributed by atoms with van der Waals surface area (Å²) in [7, 11) is 3.26. The van der Waals surface area contributed by atoms with Gasteiger partial charge >= 0.3 is 0 Å². The van der Waals surface area contributed by atoms with Crippen LogP contribution in [-0.4, -0.2) is 19.2 Å². The van der Waals surface area contributed by atoms with Gasteiger partial charge in [-0.2, -0.15) is 0 Å². The van der Waals surface area contributed by atoms with Crippen LogP contribution in [0.3, 0.4) is 0 Å². The quantitative estimate of drug-likeness (QED) is 0.844. The molecule has 1 N–H and O–H groups in total. The molecule has 2 rings (SSSR count). The Hall–Kier alpha value is -1.81. The summed E-state index contributed by atoms with van der Waals surface area (Å²) in [5, 5.41) is 0. The van der Waals surface area contributed by atoms with Gasteiger partial charge in [-0.1, -0.05) is 12.2 Å². The second-order valence-electron chi connectivity index (χ2n) is 3.50. The van der Waals surface area contributed by atoms with Crippen LogP contribution in [0.25, 0.3) is 11.3 Å². The summed E-state index contributed by atoms with van der Waals surface area (Å²) in [6.45, 7) is 0. The summed E-state index contributed by atoms with van der Waals surface area (Å²) in [6.07, 6.45) is 1.82.